The molecule has 0 radical (unpaired) electrons. The van der Waals surface area contributed by atoms with Gasteiger partial charge in [-0.25, -0.2) is 13.2 Å². The predicted octanol–water partition coefficient (Wildman–Crippen LogP) is 4.04. The maximum Gasteiger partial charge on any atom is 0.336 e. The normalized spacial score (nSPS) is 17.0. The molecule has 1 aliphatic heterocycles. The van der Waals surface area contributed by atoms with Crippen LogP contribution in [-0.2, 0) is 29.5 Å². The third-order valence-corrected chi connectivity index (χ3v) is 8.13. The van der Waals surface area contributed by atoms with Crippen molar-refractivity contribution in [1.29, 1.82) is 0 Å². The second-order valence-electron chi connectivity index (χ2n) is 8.29. The lowest BCUT2D eigenvalue weighted by Crippen LogP contribution is -2.35. The summed E-state index contributed by atoms with van der Waals surface area (Å²) in [6.45, 7) is 1.36. The van der Waals surface area contributed by atoms with Crippen molar-refractivity contribution in [2.75, 3.05) is 13.1 Å². The topological polar surface area (TPSA) is 76.8 Å². The first-order chi connectivity index (χ1) is 15.0. The first kappa shape index (κ1) is 20.3. The van der Waals surface area contributed by atoms with E-state index in [9.17, 15) is 13.2 Å². The fourth-order valence-corrected chi connectivity index (χ4v) is 6.05. The number of fused-ring (bicyclic) bond motifs is 2. The first-order valence-corrected chi connectivity index (χ1v) is 12.3. The highest BCUT2D eigenvalue weighted by atomic mass is 32.2. The van der Waals surface area contributed by atoms with Crippen LogP contribution in [-0.4, -0.2) is 25.8 Å². The van der Waals surface area contributed by atoms with E-state index < -0.39 is 15.6 Å². The largest absolute Gasteiger partial charge is 0.489 e. The number of hydrogen-bond acceptors (Lipinski definition) is 5. The van der Waals surface area contributed by atoms with Gasteiger partial charge in [-0.15, -0.1) is 0 Å². The van der Waals surface area contributed by atoms with E-state index in [1.807, 2.05) is 6.07 Å². The maximum absolute atomic E-state index is 12.8. The number of hydrogen-bond donors (Lipinski definition) is 0. The molecule has 2 aliphatic rings. The van der Waals surface area contributed by atoms with Crippen LogP contribution in [0.3, 0.4) is 0 Å². The summed E-state index contributed by atoms with van der Waals surface area (Å²) in [5.41, 5.74) is 3.52. The Hall–Kier alpha value is -2.64. The minimum absolute atomic E-state index is 0.207. The summed E-state index contributed by atoms with van der Waals surface area (Å²) in [6.07, 6.45) is 6.06. The Morgan fingerprint density at radius 2 is 1.61 bits per heavy atom. The van der Waals surface area contributed by atoms with Crippen LogP contribution >= 0.6 is 0 Å². The zero-order valence-corrected chi connectivity index (χ0v) is 18.1. The van der Waals surface area contributed by atoms with Crippen LogP contribution in [0.25, 0.3) is 11.0 Å². The van der Waals surface area contributed by atoms with Crippen molar-refractivity contribution in [2.45, 2.75) is 50.0 Å². The van der Waals surface area contributed by atoms with Crippen LogP contribution in [0, 0.1) is 0 Å². The highest BCUT2D eigenvalue weighted by Gasteiger charge is 2.25. The molecule has 0 atom stereocenters. The zero-order valence-electron chi connectivity index (χ0n) is 17.3. The Morgan fingerprint density at radius 3 is 2.35 bits per heavy atom. The Balaban J connectivity index is 1.36. The van der Waals surface area contributed by atoms with Gasteiger partial charge in [0.25, 0.3) is 0 Å². The van der Waals surface area contributed by atoms with E-state index in [2.05, 4.69) is 6.07 Å². The molecule has 1 saturated heterocycles. The maximum atomic E-state index is 12.8. The van der Waals surface area contributed by atoms with Crippen molar-refractivity contribution in [2.24, 2.45) is 0 Å². The van der Waals surface area contributed by atoms with Gasteiger partial charge in [-0.2, -0.15) is 4.31 Å². The van der Waals surface area contributed by atoms with E-state index in [4.69, 9.17) is 9.15 Å². The van der Waals surface area contributed by atoms with Crippen LogP contribution in [0.15, 0.2) is 56.6 Å². The molecule has 162 valence electrons. The number of ether oxygens (including phenoxy) is 1. The summed E-state index contributed by atoms with van der Waals surface area (Å²) in [5, 5.41) is 0.893. The SMILES string of the molecule is O=c1cc(COc2ccc(S(=O)(=O)N3CCCCC3)cc2)c2cc3c(cc2o1)CCC3. The van der Waals surface area contributed by atoms with E-state index in [-0.39, 0.29) is 11.5 Å². The van der Waals surface area contributed by atoms with Crippen LogP contribution in [0.5, 0.6) is 5.75 Å². The average Bonchev–Trinajstić information content (AvgIpc) is 3.24. The minimum atomic E-state index is -3.46. The number of aryl methyl sites for hydroxylation is 2. The van der Waals surface area contributed by atoms with Gasteiger partial charge >= 0.3 is 5.63 Å². The Morgan fingerprint density at radius 1 is 0.903 bits per heavy atom. The summed E-state index contributed by atoms with van der Waals surface area (Å²) in [6, 6.07) is 12.1. The van der Waals surface area contributed by atoms with Crippen LogP contribution < -0.4 is 10.4 Å². The van der Waals surface area contributed by atoms with Gasteiger partial charge in [-0.05, 0) is 79.6 Å². The molecule has 0 bridgehead atoms. The molecule has 7 heteroatoms. The minimum Gasteiger partial charge on any atom is -0.489 e. The Kier molecular flexibility index (Phi) is 5.32. The summed E-state index contributed by atoms with van der Waals surface area (Å²) >= 11 is 0. The van der Waals surface area contributed by atoms with Crippen molar-refractivity contribution in [3.63, 3.8) is 0 Å². The highest BCUT2D eigenvalue weighted by Crippen LogP contribution is 2.29. The molecule has 3 aromatic rings. The zero-order chi connectivity index (χ0) is 21.4. The van der Waals surface area contributed by atoms with E-state index in [1.54, 1.807) is 28.6 Å². The number of sulfonamides is 1. The Bertz CT molecular complexity index is 1270. The molecule has 0 amide bonds. The summed E-state index contributed by atoms with van der Waals surface area (Å²) in [5.74, 6) is 0.556. The molecule has 6 nitrogen and oxygen atoms in total. The van der Waals surface area contributed by atoms with Gasteiger partial charge in [-0.1, -0.05) is 6.42 Å². The van der Waals surface area contributed by atoms with Gasteiger partial charge < -0.3 is 9.15 Å². The van der Waals surface area contributed by atoms with Gasteiger partial charge in [0.2, 0.25) is 10.0 Å². The van der Waals surface area contributed by atoms with Crippen molar-refractivity contribution >= 4 is 21.0 Å². The fourth-order valence-electron chi connectivity index (χ4n) is 4.54. The van der Waals surface area contributed by atoms with E-state index in [1.165, 1.54) is 17.2 Å². The van der Waals surface area contributed by atoms with Crippen molar-refractivity contribution in [3.05, 3.63) is 69.6 Å². The third-order valence-electron chi connectivity index (χ3n) is 6.21. The summed E-state index contributed by atoms with van der Waals surface area (Å²) in [4.78, 5) is 12.3. The van der Waals surface area contributed by atoms with E-state index in [0.717, 1.165) is 49.5 Å². The molecule has 1 aliphatic carbocycles. The second kappa shape index (κ2) is 8.13. The van der Waals surface area contributed by atoms with E-state index >= 15 is 0 Å². The average molecular weight is 440 g/mol. The lowest BCUT2D eigenvalue weighted by Gasteiger charge is -2.25. The summed E-state index contributed by atoms with van der Waals surface area (Å²) < 4.78 is 38.5. The monoisotopic (exact) mass is 439 g/mol. The molecule has 1 fully saturated rings. The van der Waals surface area contributed by atoms with Crippen molar-refractivity contribution in [3.8, 4) is 5.75 Å². The molecular formula is C24H25NO5S. The third kappa shape index (κ3) is 4.00. The van der Waals surface area contributed by atoms with Gasteiger partial charge in [-0.3, -0.25) is 0 Å². The van der Waals surface area contributed by atoms with Gasteiger partial charge in [0.15, 0.2) is 0 Å². The molecular weight excluding hydrogens is 414 g/mol. The second-order valence-corrected chi connectivity index (χ2v) is 10.2. The number of nitrogens with zero attached hydrogens (tertiary/aromatic N) is 1. The first-order valence-electron chi connectivity index (χ1n) is 10.8. The quantitative estimate of drug-likeness (QED) is 0.561. The Labute approximate surface area is 181 Å². The molecule has 2 heterocycles. The van der Waals surface area contributed by atoms with Gasteiger partial charge in [0, 0.05) is 30.1 Å². The van der Waals surface area contributed by atoms with Gasteiger partial charge in [0.05, 0.1) is 4.90 Å². The van der Waals surface area contributed by atoms with Crippen LogP contribution in [0.4, 0.5) is 0 Å². The molecule has 5 rings (SSSR count). The predicted molar refractivity (Wildman–Crippen MR) is 118 cm³/mol. The smallest absolute Gasteiger partial charge is 0.336 e. The summed E-state index contributed by atoms with van der Waals surface area (Å²) in [7, 11) is -3.46. The molecule has 0 saturated carbocycles. The lowest BCUT2D eigenvalue weighted by atomic mass is 10.0. The molecule has 0 unspecified atom stereocenters. The molecule has 0 spiro atoms. The number of piperidine rings is 1. The van der Waals surface area contributed by atoms with Gasteiger partial charge in [0.1, 0.15) is 17.9 Å². The van der Waals surface area contributed by atoms with Crippen LogP contribution in [0.1, 0.15) is 42.4 Å². The number of benzene rings is 2. The standard InChI is InChI=1S/C24H25NO5S/c26-24-15-19(22-13-17-5-4-6-18(17)14-23(22)30-24)16-29-20-7-9-21(10-8-20)31(27,28)25-11-2-1-3-12-25/h7-10,13-15H,1-6,11-12,16H2. The molecule has 1 aromatic heterocycles. The van der Waals surface area contributed by atoms with Crippen molar-refractivity contribution in [1.82, 2.24) is 4.31 Å². The highest BCUT2D eigenvalue weighted by molar-refractivity contribution is 7.89. The molecule has 2 aromatic carbocycles. The molecule has 0 N–H and O–H groups in total. The fraction of sp³-hybridized carbons (Fsp3) is 0.375. The van der Waals surface area contributed by atoms with E-state index in [0.29, 0.717) is 24.4 Å². The molecule has 31 heavy (non-hydrogen) atoms. The van der Waals surface area contributed by atoms with Crippen LogP contribution in [0.2, 0.25) is 0 Å². The lowest BCUT2D eigenvalue weighted by molar-refractivity contribution is 0.306. The van der Waals surface area contributed by atoms with Crippen molar-refractivity contribution < 1.29 is 17.6 Å². The number of rotatable bonds is 5.